The topological polar surface area (TPSA) is 77.8 Å². The van der Waals surface area contributed by atoms with Gasteiger partial charge < -0.3 is 14.7 Å². The maximum atomic E-state index is 10.8. The van der Waals surface area contributed by atoms with Crippen LogP contribution < -0.4 is 0 Å². The molecule has 0 atom stereocenters. The lowest BCUT2D eigenvalue weighted by Crippen LogP contribution is -2.27. The standard InChI is InChI=1S/C6H12NO4P/c1-3-6(8)7(2)4-5-12(9,10)11/h3H,1,4-5H2,2H3,(H2,9,10,11). The Balaban J connectivity index is 3.87. The van der Waals surface area contributed by atoms with Gasteiger partial charge in [0.2, 0.25) is 5.91 Å². The fourth-order valence-corrected chi connectivity index (χ4v) is 1.11. The lowest BCUT2D eigenvalue weighted by Gasteiger charge is -2.14. The molecule has 1 amide bonds. The largest absolute Gasteiger partial charge is 0.342 e. The first-order valence-electron chi connectivity index (χ1n) is 3.29. The summed E-state index contributed by atoms with van der Waals surface area (Å²) in [6.07, 6.45) is 0.781. The van der Waals surface area contributed by atoms with Crippen LogP contribution in [0.5, 0.6) is 0 Å². The second-order valence-corrected chi connectivity index (χ2v) is 4.13. The van der Waals surface area contributed by atoms with E-state index >= 15 is 0 Å². The van der Waals surface area contributed by atoms with Crippen molar-refractivity contribution in [3.8, 4) is 0 Å². The van der Waals surface area contributed by atoms with Crippen molar-refractivity contribution in [1.29, 1.82) is 0 Å². The van der Waals surface area contributed by atoms with Gasteiger partial charge in [-0.25, -0.2) is 0 Å². The lowest BCUT2D eigenvalue weighted by molar-refractivity contribution is -0.124. The minimum Gasteiger partial charge on any atom is -0.342 e. The maximum absolute atomic E-state index is 10.8. The molecule has 0 heterocycles. The zero-order chi connectivity index (χ0) is 9.78. The van der Waals surface area contributed by atoms with Gasteiger partial charge in [-0.3, -0.25) is 9.36 Å². The number of hydrogen-bond donors (Lipinski definition) is 2. The molecule has 0 aliphatic rings. The predicted molar refractivity (Wildman–Crippen MR) is 44.7 cm³/mol. The highest BCUT2D eigenvalue weighted by atomic mass is 31.2. The van der Waals surface area contributed by atoms with E-state index in [9.17, 15) is 9.36 Å². The normalized spacial score (nSPS) is 10.9. The van der Waals surface area contributed by atoms with Crippen LogP contribution in [-0.2, 0) is 9.36 Å². The van der Waals surface area contributed by atoms with E-state index in [1.54, 1.807) is 0 Å². The second kappa shape index (κ2) is 4.40. The van der Waals surface area contributed by atoms with Crippen molar-refractivity contribution in [2.45, 2.75) is 0 Å². The van der Waals surface area contributed by atoms with E-state index in [2.05, 4.69) is 6.58 Å². The van der Waals surface area contributed by atoms with Gasteiger partial charge in [-0.2, -0.15) is 0 Å². The summed E-state index contributed by atoms with van der Waals surface area (Å²) in [5, 5.41) is 0. The van der Waals surface area contributed by atoms with E-state index in [1.165, 1.54) is 11.9 Å². The Morgan fingerprint density at radius 2 is 2.17 bits per heavy atom. The van der Waals surface area contributed by atoms with E-state index in [0.717, 1.165) is 6.08 Å². The molecule has 0 rings (SSSR count). The Morgan fingerprint density at radius 1 is 1.67 bits per heavy atom. The Bertz CT molecular complexity index is 222. The molecular formula is C6H12NO4P. The van der Waals surface area contributed by atoms with Gasteiger partial charge in [-0.05, 0) is 6.08 Å². The van der Waals surface area contributed by atoms with Crippen molar-refractivity contribution in [3.05, 3.63) is 12.7 Å². The first-order valence-corrected chi connectivity index (χ1v) is 5.08. The van der Waals surface area contributed by atoms with E-state index < -0.39 is 7.60 Å². The molecule has 0 bridgehead atoms. The van der Waals surface area contributed by atoms with Gasteiger partial charge in [0, 0.05) is 13.6 Å². The van der Waals surface area contributed by atoms with Gasteiger partial charge in [0.25, 0.3) is 0 Å². The van der Waals surface area contributed by atoms with Crippen molar-refractivity contribution in [2.24, 2.45) is 0 Å². The van der Waals surface area contributed by atoms with Crippen molar-refractivity contribution < 1.29 is 19.1 Å². The van der Waals surface area contributed by atoms with Crippen LogP contribution in [0.2, 0.25) is 0 Å². The Morgan fingerprint density at radius 3 is 2.50 bits per heavy atom. The first-order chi connectivity index (χ1) is 5.37. The molecule has 0 saturated carbocycles. The number of rotatable bonds is 4. The summed E-state index contributed by atoms with van der Waals surface area (Å²) >= 11 is 0. The molecule has 0 saturated heterocycles. The minimum atomic E-state index is -4.00. The summed E-state index contributed by atoms with van der Waals surface area (Å²) < 4.78 is 10.4. The van der Waals surface area contributed by atoms with Crippen LogP contribution in [0.1, 0.15) is 0 Å². The van der Waals surface area contributed by atoms with Crippen LogP contribution in [0.25, 0.3) is 0 Å². The summed E-state index contributed by atoms with van der Waals surface area (Å²) in [4.78, 5) is 28.9. The van der Waals surface area contributed by atoms with Crippen LogP contribution in [0, 0.1) is 0 Å². The molecule has 0 radical (unpaired) electrons. The van der Waals surface area contributed by atoms with Gasteiger partial charge in [0.15, 0.2) is 0 Å². The fourth-order valence-electron chi connectivity index (χ4n) is 0.546. The molecule has 12 heavy (non-hydrogen) atoms. The summed E-state index contributed by atoms with van der Waals surface area (Å²) in [7, 11) is -2.54. The molecule has 0 unspecified atom stereocenters. The molecule has 6 heteroatoms. The van der Waals surface area contributed by atoms with Gasteiger partial charge in [-0.15, -0.1) is 0 Å². The van der Waals surface area contributed by atoms with Crippen LogP contribution in [0.3, 0.4) is 0 Å². The predicted octanol–water partition coefficient (Wildman–Crippen LogP) is -0.192. The zero-order valence-electron chi connectivity index (χ0n) is 6.80. The smallest absolute Gasteiger partial charge is 0.327 e. The third kappa shape index (κ3) is 5.07. The maximum Gasteiger partial charge on any atom is 0.327 e. The molecule has 0 aromatic heterocycles. The molecule has 0 aliphatic heterocycles. The van der Waals surface area contributed by atoms with E-state index in [-0.39, 0.29) is 18.6 Å². The molecule has 2 N–H and O–H groups in total. The van der Waals surface area contributed by atoms with E-state index in [0.29, 0.717) is 0 Å². The fraction of sp³-hybridized carbons (Fsp3) is 0.500. The first kappa shape index (κ1) is 11.4. The van der Waals surface area contributed by atoms with E-state index in [1.807, 2.05) is 0 Å². The number of carbonyl (C=O) groups excluding carboxylic acids is 1. The molecule has 5 nitrogen and oxygen atoms in total. The zero-order valence-corrected chi connectivity index (χ0v) is 7.70. The highest BCUT2D eigenvalue weighted by molar-refractivity contribution is 7.51. The summed E-state index contributed by atoms with van der Waals surface area (Å²) in [6, 6.07) is 0. The van der Waals surface area contributed by atoms with Crippen molar-refractivity contribution >= 4 is 13.5 Å². The number of hydrogen-bond acceptors (Lipinski definition) is 2. The Labute approximate surface area is 70.8 Å². The van der Waals surface area contributed by atoms with Gasteiger partial charge >= 0.3 is 7.60 Å². The number of amides is 1. The highest BCUT2D eigenvalue weighted by Gasteiger charge is 2.14. The third-order valence-corrected chi connectivity index (χ3v) is 2.06. The summed E-state index contributed by atoms with van der Waals surface area (Å²) in [6.45, 7) is 3.28. The lowest BCUT2D eigenvalue weighted by atomic mass is 10.5. The van der Waals surface area contributed by atoms with Crippen molar-refractivity contribution in [2.75, 3.05) is 19.8 Å². The number of nitrogens with zero attached hydrogens (tertiary/aromatic N) is 1. The van der Waals surface area contributed by atoms with Gasteiger partial charge in [0.1, 0.15) is 0 Å². The molecular weight excluding hydrogens is 181 g/mol. The number of likely N-dealkylation sites (N-methyl/N-ethyl adjacent to an activating group) is 1. The number of carbonyl (C=O) groups is 1. The molecule has 0 aliphatic carbocycles. The molecule has 0 fully saturated rings. The minimum absolute atomic E-state index is 0.0368. The monoisotopic (exact) mass is 193 g/mol. The van der Waals surface area contributed by atoms with Crippen LogP contribution in [-0.4, -0.2) is 40.3 Å². The molecule has 0 spiro atoms. The van der Waals surface area contributed by atoms with E-state index in [4.69, 9.17) is 9.79 Å². The van der Waals surface area contributed by atoms with Gasteiger partial charge in [-0.1, -0.05) is 6.58 Å². The third-order valence-electron chi connectivity index (χ3n) is 1.28. The molecule has 70 valence electrons. The highest BCUT2D eigenvalue weighted by Crippen LogP contribution is 2.33. The average Bonchev–Trinajstić information content (AvgIpc) is 1.97. The van der Waals surface area contributed by atoms with Crippen molar-refractivity contribution in [3.63, 3.8) is 0 Å². The quantitative estimate of drug-likeness (QED) is 0.479. The van der Waals surface area contributed by atoms with Crippen LogP contribution in [0.15, 0.2) is 12.7 Å². The Kier molecular flexibility index (Phi) is 4.17. The average molecular weight is 193 g/mol. The van der Waals surface area contributed by atoms with Gasteiger partial charge in [0.05, 0.1) is 6.16 Å². The van der Waals surface area contributed by atoms with Crippen LogP contribution >= 0.6 is 7.60 Å². The molecule has 0 aromatic carbocycles. The SMILES string of the molecule is C=CC(=O)N(C)CCP(=O)(O)O. The Hall–Kier alpha value is -0.640. The summed E-state index contributed by atoms with van der Waals surface area (Å²) in [5.41, 5.74) is 0. The second-order valence-electron chi connectivity index (χ2n) is 2.35. The summed E-state index contributed by atoms with van der Waals surface area (Å²) in [5.74, 6) is -0.344. The molecule has 0 aromatic rings. The van der Waals surface area contributed by atoms with Crippen molar-refractivity contribution in [1.82, 2.24) is 4.90 Å². The van der Waals surface area contributed by atoms with Crippen LogP contribution in [0.4, 0.5) is 0 Å².